The van der Waals surface area contributed by atoms with Crippen LogP contribution in [0, 0.1) is 23.0 Å². The molecule has 1 aromatic carbocycles. The van der Waals surface area contributed by atoms with Gasteiger partial charge in [-0.05, 0) is 6.42 Å². The van der Waals surface area contributed by atoms with E-state index in [-0.39, 0.29) is 16.7 Å². The van der Waals surface area contributed by atoms with Crippen LogP contribution in [0.2, 0.25) is 0 Å². The van der Waals surface area contributed by atoms with Gasteiger partial charge in [0.05, 0.1) is 5.39 Å². The average molecular weight is 221 g/mol. The normalized spacial score (nSPS) is 10.6. The van der Waals surface area contributed by atoms with Gasteiger partial charge in [-0.15, -0.1) is 0 Å². The topological polar surface area (TPSA) is 36.9 Å². The third kappa shape index (κ3) is 1.54. The number of nitriles is 1. The second-order valence-corrected chi connectivity index (χ2v) is 3.53. The lowest BCUT2D eigenvalue weighted by Crippen LogP contribution is -1.88. The van der Waals surface area contributed by atoms with Crippen LogP contribution in [0.3, 0.4) is 0 Å². The minimum atomic E-state index is -0.703. The summed E-state index contributed by atoms with van der Waals surface area (Å²) in [5.74, 6) is -1.31. The maximum absolute atomic E-state index is 13.6. The van der Waals surface area contributed by atoms with Crippen LogP contribution in [0.25, 0.3) is 11.0 Å². The summed E-state index contributed by atoms with van der Waals surface area (Å²) in [4.78, 5) is 0. The minimum Gasteiger partial charge on any atom is -0.445 e. The molecule has 0 radical (unpaired) electrons. The Labute approximate surface area is 91.1 Å². The first kappa shape index (κ1) is 10.6. The first-order valence-corrected chi connectivity index (χ1v) is 4.98. The third-order valence-electron chi connectivity index (χ3n) is 2.41. The molecule has 0 bridgehead atoms. The molecule has 0 fully saturated rings. The summed E-state index contributed by atoms with van der Waals surface area (Å²) < 4.78 is 31.6. The quantitative estimate of drug-likeness (QED) is 0.777. The summed E-state index contributed by atoms with van der Waals surface area (Å²) in [7, 11) is 0. The number of halogens is 2. The van der Waals surface area contributed by atoms with Crippen molar-refractivity contribution in [3.8, 4) is 6.07 Å². The highest BCUT2D eigenvalue weighted by molar-refractivity contribution is 5.84. The molecule has 0 saturated carbocycles. The highest BCUT2D eigenvalue weighted by atomic mass is 19.1. The Hall–Kier alpha value is -1.89. The number of nitrogens with zero attached hydrogens (tertiary/aromatic N) is 1. The van der Waals surface area contributed by atoms with Gasteiger partial charge in [-0.25, -0.2) is 8.78 Å². The van der Waals surface area contributed by atoms with Gasteiger partial charge < -0.3 is 4.42 Å². The van der Waals surface area contributed by atoms with E-state index in [0.29, 0.717) is 12.0 Å². The first-order chi connectivity index (χ1) is 7.67. The van der Waals surface area contributed by atoms with E-state index in [9.17, 15) is 8.78 Å². The molecule has 0 unspecified atom stereocenters. The van der Waals surface area contributed by atoms with Crippen LogP contribution < -0.4 is 0 Å². The summed E-state index contributed by atoms with van der Waals surface area (Å²) in [6.45, 7) is 1.92. The van der Waals surface area contributed by atoms with Gasteiger partial charge in [0.25, 0.3) is 0 Å². The van der Waals surface area contributed by atoms with Crippen molar-refractivity contribution in [1.82, 2.24) is 0 Å². The Morgan fingerprint density at radius 1 is 1.38 bits per heavy atom. The molecule has 0 atom stereocenters. The van der Waals surface area contributed by atoms with Crippen molar-refractivity contribution in [2.24, 2.45) is 0 Å². The van der Waals surface area contributed by atoms with Gasteiger partial charge in [0.2, 0.25) is 5.76 Å². The molecule has 0 aliphatic rings. The van der Waals surface area contributed by atoms with Crippen molar-refractivity contribution in [2.75, 3.05) is 0 Å². The van der Waals surface area contributed by atoms with Crippen molar-refractivity contribution in [3.05, 3.63) is 35.1 Å². The van der Waals surface area contributed by atoms with Gasteiger partial charge in [-0.1, -0.05) is 13.3 Å². The summed E-state index contributed by atoms with van der Waals surface area (Å²) in [6.07, 6.45) is 1.30. The van der Waals surface area contributed by atoms with Crippen molar-refractivity contribution in [3.63, 3.8) is 0 Å². The van der Waals surface area contributed by atoms with Crippen LogP contribution in [-0.2, 0) is 6.42 Å². The molecule has 16 heavy (non-hydrogen) atoms. The van der Waals surface area contributed by atoms with E-state index in [1.54, 1.807) is 0 Å². The Balaban J connectivity index is 2.80. The second kappa shape index (κ2) is 3.93. The van der Waals surface area contributed by atoms with E-state index in [0.717, 1.165) is 18.6 Å². The molecule has 0 aliphatic heterocycles. The molecule has 2 rings (SSSR count). The second-order valence-electron chi connectivity index (χ2n) is 3.53. The molecular weight excluding hydrogens is 212 g/mol. The Bertz CT molecular complexity index is 581. The molecule has 1 heterocycles. The monoisotopic (exact) mass is 221 g/mol. The lowest BCUT2D eigenvalue weighted by atomic mass is 10.1. The van der Waals surface area contributed by atoms with Crippen LogP contribution in [-0.4, -0.2) is 0 Å². The number of benzene rings is 1. The van der Waals surface area contributed by atoms with Crippen LogP contribution in [0.4, 0.5) is 8.78 Å². The average Bonchev–Trinajstić information content (AvgIpc) is 2.57. The van der Waals surface area contributed by atoms with Gasteiger partial charge in [0.15, 0.2) is 0 Å². The number of fused-ring (bicyclic) bond motifs is 1. The van der Waals surface area contributed by atoms with Crippen molar-refractivity contribution >= 4 is 11.0 Å². The molecule has 0 amide bonds. The molecule has 0 saturated heterocycles. The summed E-state index contributed by atoms with van der Waals surface area (Å²) in [6, 6.07) is 3.76. The zero-order chi connectivity index (χ0) is 11.7. The molecule has 0 aliphatic carbocycles. The molecular formula is C12H9F2NO. The van der Waals surface area contributed by atoms with Crippen molar-refractivity contribution in [2.45, 2.75) is 19.8 Å². The molecule has 1 aromatic heterocycles. The maximum Gasteiger partial charge on any atom is 0.208 e. The third-order valence-corrected chi connectivity index (χ3v) is 2.41. The number of rotatable bonds is 2. The first-order valence-electron chi connectivity index (χ1n) is 4.98. The van der Waals surface area contributed by atoms with Crippen LogP contribution in [0.15, 0.2) is 16.5 Å². The predicted octanol–water partition coefficient (Wildman–Crippen LogP) is 3.54. The van der Waals surface area contributed by atoms with E-state index >= 15 is 0 Å². The van der Waals surface area contributed by atoms with Crippen LogP contribution in [0.5, 0.6) is 0 Å². The number of furan rings is 1. The summed E-state index contributed by atoms with van der Waals surface area (Å²) in [5, 5.41) is 9.07. The van der Waals surface area contributed by atoms with Crippen molar-refractivity contribution < 1.29 is 13.2 Å². The van der Waals surface area contributed by atoms with Gasteiger partial charge in [0, 0.05) is 17.7 Å². The smallest absolute Gasteiger partial charge is 0.208 e. The van der Waals surface area contributed by atoms with Crippen molar-refractivity contribution in [1.29, 1.82) is 5.26 Å². The van der Waals surface area contributed by atoms with E-state index in [4.69, 9.17) is 9.68 Å². The Morgan fingerprint density at radius 2 is 2.12 bits per heavy atom. The van der Waals surface area contributed by atoms with Crippen LogP contribution in [0.1, 0.15) is 24.7 Å². The SMILES string of the molecule is CCCc1c(C#N)oc2cc(F)cc(F)c12. The molecule has 0 N–H and O–H groups in total. The number of aryl methyl sites for hydroxylation is 1. The van der Waals surface area contributed by atoms with Gasteiger partial charge in [0.1, 0.15) is 23.3 Å². The lowest BCUT2D eigenvalue weighted by molar-refractivity contribution is 0.571. The number of hydrogen-bond acceptors (Lipinski definition) is 2. The number of hydrogen-bond donors (Lipinski definition) is 0. The maximum atomic E-state index is 13.6. The molecule has 82 valence electrons. The largest absolute Gasteiger partial charge is 0.445 e. The zero-order valence-electron chi connectivity index (χ0n) is 8.68. The Morgan fingerprint density at radius 3 is 2.75 bits per heavy atom. The van der Waals surface area contributed by atoms with E-state index in [1.807, 2.05) is 13.0 Å². The molecule has 4 heteroatoms. The van der Waals surface area contributed by atoms with Crippen LogP contribution >= 0.6 is 0 Å². The fraction of sp³-hybridized carbons (Fsp3) is 0.250. The standard InChI is InChI=1S/C12H9F2NO/c1-2-3-8-11(6-15)16-10-5-7(13)4-9(14)12(8)10/h4-5H,2-3H2,1H3. The highest BCUT2D eigenvalue weighted by Gasteiger charge is 2.17. The van der Waals surface area contributed by atoms with Gasteiger partial charge in [-0.3, -0.25) is 0 Å². The zero-order valence-corrected chi connectivity index (χ0v) is 8.68. The molecule has 0 spiro atoms. The minimum absolute atomic E-state index is 0.0707. The van der Waals surface area contributed by atoms with E-state index in [2.05, 4.69) is 0 Å². The summed E-state index contributed by atoms with van der Waals surface area (Å²) >= 11 is 0. The predicted molar refractivity (Wildman–Crippen MR) is 54.8 cm³/mol. The molecule has 2 aromatic rings. The summed E-state index contributed by atoms with van der Waals surface area (Å²) in [5.41, 5.74) is 0.620. The fourth-order valence-electron chi connectivity index (χ4n) is 1.79. The highest BCUT2D eigenvalue weighted by Crippen LogP contribution is 2.29. The van der Waals surface area contributed by atoms with E-state index < -0.39 is 11.6 Å². The van der Waals surface area contributed by atoms with Gasteiger partial charge in [-0.2, -0.15) is 5.26 Å². The molecule has 2 nitrogen and oxygen atoms in total. The lowest BCUT2D eigenvalue weighted by Gasteiger charge is -1.96. The van der Waals surface area contributed by atoms with Gasteiger partial charge >= 0.3 is 0 Å². The fourth-order valence-corrected chi connectivity index (χ4v) is 1.79. The van der Waals surface area contributed by atoms with E-state index in [1.165, 1.54) is 0 Å². The Kier molecular flexibility index (Phi) is 2.61.